The van der Waals surface area contributed by atoms with E-state index in [0.29, 0.717) is 10.6 Å². The van der Waals surface area contributed by atoms with E-state index < -0.39 is 5.97 Å². The van der Waals surface area contributed by atoms with Crippen molar-refractivity contribution in [2.45, 2.75) is 13.5 Å². The van der Waals surface area contributed by atoms with Crippen LogP contribution in [0.2, 0.25) is 5.02 Å². The number of aryl methyl sites for hydroxylation is 1. The lowest BCUT2D eigenvalue weighted by molar-refractivity contribution is 0.0437. The second-order valence-corrected chi connectivity index (χ2v) is 5.14. The maximum atomic E-state index is 12.2. The van der Waals surface area contributed by atoms with E-state index in [4.69, 9.17) is 20.8 Å². The second-order valence-electron chi connectivity index (χ2n) is 4.73. The maximum Gasteiger partial charge on any atom is 0.374 e. The van der Waals surface area contributed by atoms with Crippen LogP contribution < -0.4 is 0 Å². The molecule has 0 unspecified atom stereocenters. The third-order valence-electron chi connectivity index (χ3n) is 3.31. The normalized spacial score (nSPS) is 10.8. The third kappa shape index (κ3) is 2.65. The van der Waals surface area contributed by atoms with Gasteiger partial charge in [-0.2, -0.15) is 0 Å². The second kappa shape index (κ2) is 5.62. The van der Waals surface area contributed by atoms with E-state index in [9.17, 15) is 4.79 Å². The van der Waals surface area contributed by atoms with Crippen LogP contribution in [-0.4, -0.2) is 5.97 Å². The molecule has 0 radical (unpaired) electrons. The lowest BCUT2D eigenvalue weighted by atomic mass is 10.1. The lowest BCUT2D eigenvalue weighted by Gasteiger charge is -2.03. The number of rotatable bonds is 3. The van der Waals surface area contributed by atoms with Gasteiger partial charge in [0.2, 0.25) is 5.76 Å². The van der Waals surface area contributed by atoms with E-state index in [0.717, 1.165) is 16.5 Å². The van der Waals surface area contributed by atoms with Crippen LogP contribution in [0.15, 0.2) is 52.9 Å². The average molecular weight is 301 g/mol. The fourth-order valence-electron chi connectivity index (χ4n) is 2.19. The topological polar surface area (TPSA) is 39.4 Å². The number of furan rings is 1. The predicted molar refractivity (Wildman–Crippen MR) is 81.5 cm³/mol. The van der Waals surface area contributed by atoms with Crippen LogP contribution in [0, 0.1) is 6.92 Å². The van der Waals surface area contributed by atoms with Gasteiger partial charge in [0.1, 0.15) is 6.61 Å². The molecule has 106 valence electrons. The summed E-state index contributed by atoms with van der Waals surface area (Å²) < 4.78 is 10.9. The molecule has 0 N–H and O–H groups in total. The molecule has 4 heteroatoms. The van der Waals surface area contributed by atoms with Gasteiger partial charge < -0.3 is 9.15 Å². The number of halogens is 1. The van der Waals surface area contributed by atoms with Gasteiger partial charge in [0.25, 0.3) is 0 Å². The SMILES string of the molecule is Cc1c(C(=O)OCc2ccccc2)oc2c(Cl)cccc12. The smallest absolute Gasteiger partial charge is 0.374 e. The van der Waals surface area contributed by atoms with Crippen molar-refractivity contribution >= 4 is 28.5 Å². The fraction of sp³-hybridized carbons (Fsp3) is 0.118. The van der Waals surface area contributed by atoms with Crippen LogP contribution in [0.3, 0.4) is 0 Å². The highest BCUT2D eigenvalue weighted by molar-refractivity contribution is 6.35. The largest absolute Gasteiger partial charge is 0.455 e. The van der Waals surface area contributed by atoms with Crippen LogP contribution >= 0.6 is 11.6 Å². The molecule has 2 aromatic carbocycles. The number of para-hydroxylation sites is 1. The Morgan fingerprint density at radius 1 is 1.14 bits per heavy atom. The average Bonchev–Trinajstić information content (AvgIpc) is 2.85. The van der Waals surface area contributed by atoms with Gasteiger partial charge in [0.05, 0.1) is 5.02 Å². The van der Waals surface area contributed by atoms with Crippen LogP contribution in [-0.2, 0) is 11.3 Å². The van der Waals surface area contributed by atoms with Crippen molar-refractivity contribution in [2.24, 2.45) is 0 Å². The Bertz CT molecular complexity index is 790. The minimum atomic E-state index is -0.483. The number of hydrogen-bond acceptors (Lipinski definition) is 3. The van der Waals surface area contributed by atoms with Crippen LogP contribution in [0.25, 0.3) is 11.0 Å². The molecular formula is C17H13ClO3. The molecule has 0 amide bonds. The quantitative estimate of drug-likeness (QED) is 0.655. The molecule has 0 fully saturated rings. The summed E-state index contributed by atoms with van der Waals surface area (Å²) in [6, 6.07) is 14.9. The molecule has 0 bridgehead atoms. The number of carbonyl (C=O) groups is 1. The van der Waals surface area contributed by atoms with Gasteiger partial charge in [-0.15, -0.1) is 0 Å². The Morgan fingerprint density at radius 2 is 1.90 bits per heavy atom. The summed E-state index contributed by atoms with van der Waals surface area (Å²) >= 11 is 6.07. The predicted octanol–water partition coefficient (Wildman–Crippen LogP) is 4.75. The zero-order valence-electron chi connectivity index (χ0n) is 11.4. The Balaban J connectivity index is 1.85. The van der Waals surface area contributed by atoms with Gasteiger partial charge in [-0.25, -0.2) is 4.79 Å². The number of benzene rings is 2. The monoisotopic (exact) mass is 300 g/mol. The van der Waals surface area contributed by atoms with Crippen molar-refractivity contribution in [3.63, 3.8) is 0 Å². The van der Waals surface area contributed by atoms with E-state index in [2.05, 4.69) is 0 Å². The van der Waals surface area contributed by atoms with E-state index in [1.54, 1.807) is 6.07 Å². The number of esters is 1. The number of ether oxygens (including phenoxy) is 1. The zero-order chi connectivity index (χ0) is 14.8. The first-order valence-electron chi connectivity index (χ1n) is 6.55. The molecule has 1 heterocycles. The minimum Gasteiger partial charge on any atom is -0.455 e. The summed E-state index contributed by atoms with van der Waals surface area (Å²) in [6.07, 6.45) is 0. The van der Waals surface area contributed by atoms with E-state index in [-0.39, 0.29) is 12.4 Å². The molecular weight excluding hydrogens is 288 g/mol. The Kier molecular flexibility index (Phi) is 3.67. The molecule has 21 heavy (non-hydrogen) atoms. The van der Waals surface area contributed by atoms with Crippen molar-refractivity contribution in [3.05, 3.63) is 70.4 Å². The van der Waals surface area contributed by atoms with E-state index in [1.807, 2.05) is 49.4 Å². The van der Waals surface area contributed by atoms with Gasteiger partial charge >= 0.3 is 5.97 Å². The van der Waals surface area contributed by atoms with Crippen molar-refractivity contribution in [1.82, 2.24) is 0 Å². The molecule has 0 aliphatic rings. The Labute approximate surface area is 127 Å². The number of fused-ring (bicyclic) bond motifs is 1. The Hall–Kier alpha value is -2.26. The molecule has 3 rings (SSSR count). The fourth-order valence-corrected chi connectivity index (χ4v) is 2.41. The molecule has 0 aliphatic heterocycles. The summed E-state index contributed by atoms with van der Waals surface area (Å²) in [6.45, 7) is 2.03. The summed E-state index contributed by atoms with van der Waals surface area (Å²) in [5, 5.41) is 1.31. The molecule has 3 aromatic rings. The van der Waals surface area contributed by atoms with Crippen LogP contribution in [0.4, 0.5) is 0 Å². The first-order valence-corrected chi connectivity index (χ1v) is 6.93. The van der Waals surface area contributed by atoms with Gasteiger partial charge in [0.15, 0.2) is 5.58 Å². The van der Waals surface area contributed by atoms with Crippen molar-refractivity contribution in [3.8, 4) is 0 Å². The van der Waals surface area contributed by atoms with Crippen LogP contribution in [0.5, 0.6) is 0 Å². The van der Waals surface area contributed by atoms with Crippen molar-refractivity contribution in [1.29, 1.82) is 0 Å². The van der Waals surface area contributed by atoms with Gasteiger partial charge in [-0.3, -0.25) is 0 Å². The Morgan fingerprint density at radius 3 is 2.62 bits per heavy atom. The zero-order valence-corrected chi connectivity index (χ0v) is 12.2. The van der Waals surface area contributed by atoms with Gasteiger partial charge in [-0.1, -0.05) is 54.1 Å². The third-order valence-corrected chi connectivity index (χ3v) is 3.61. The van der Waals surface area contributed by atoms with Crippen LogP contribution in [0.1, 0.15) is 21.7 Å². The number of carbonyl (C=O) groups excluding carboxylic acids is 1. The highest BCUT2D eigenvalue weighted by Crippen LogP contribution is 2.31. The highest BCUT2D eigenvalue weighted by atomic mass is 35.5. The summed E-state index contributed by atoms with van der Waals surface area (Å²) in [5.74, 6) is -0.280. The molecule has 1 aromatic heterocycles. The minimum absolute atomic E-state index is 0.203. The van der Waals surface area contributed by atoms with Gasteiger partial charge in [0, 0.05) is 10.9 Å². The van der Waals surface area contributed by atoms with Crippen molar-refractivity contribution in [2.75, 3.05) is 0 Å². The molecule has 0 atom stereocenters. The highest BCUT2D eigenvalue weighted by Gasteiger charge is 2.20. The van der Waals surface area contributed by atoms with Crippen molar-refractivity contribution < 1.29 is 13.9 Å². The summed E-state index contributed by atoms with van der Waals surface area (Å²) in [7, 11) is 0. The molecule has 0 saturated carbocycles. The molecule has 0 spiro atoms. The molecule has 3 nitrogen and oxygen atoms in total. The lowest BCUT2D eigenvalue weighted by Crippen LogP contribution is -2.05. The van der Waals surface area contributed by atoms with Gasteiger partial charge in [-0.05, 0) is 18.6 Å². The van der Waals surface area contributed by atoms with E-state index >= 15 is 0 Å². The van der Waals surface area contributed by atoms with E-state index in [1.165, 1.54) is 0 Å². The summed E-state index contributed by atoms with van der Waals surface area (Å²) in [5.41, 5.74) is 2.19. The first kappa shape index (κ1) is 13.7. The first-order chi connectivity index (χ1) is 10.2. The number of hydrogen-bond donors (Lipinski definition) is 0. The summed E-state index contributed by atoms with van der Waals surface area (Å²) in [4.78, 5) is 12.2. The standard InChI is InChI=1S/C17H13ClO3/c1-11-13-8-5-9-14(18)16(13)21-15(11)17(19)20-10-12-6-3-2-4-7-12/h2-9H,10H2,1H3. The molecule has 0 aliphatic carbocycles. The maximum absolute atomic E-state index is 12.2. The molecule has 0 saturated heterocycles.